The van der Waals surface area contributed by atoms with Crippen molar-refractivity contribution < 1.29 is 9.90 Å². The van der Waals surface area contributed by atoms with E-state index in [1.54, 1.807) is 0 Å². The number of hydrogen-bond donors (Lipinski definition) is 3. The van der Waals surface area contributed by atoms with E-state index in [9.17, 15) is 9.90 Å². The monoisotopic (exact) mass is 325 g/mol. The Morgan fingerprint density at radius 3 is 2.74 bits per heavy atom. The van der Waals surface area contributed by atoms with Crippen LogP contribution in [0.4, 0.5) is 4.79 Å². The van der Waals surface area contributed by atoms with Gasteiger partial charge in [-0.2, -0.15) is 0 Å². The Morgan fingerprint density at radius 2 is 2.00 bits per heavy atom. The van der Waals surface area contributed by atoms with E-state index in [1.807, 2.05) is 0 Å². The van der Waals surface area contributed by atoms with Gasteiger partial charge in [0.2, 0.25) is 0 Å². The zero-order valence-electron chi connectivity index (χ0n) is 14.9. The molecule has 5 nitrogen and oxygen atoms in total. The van der Waals surface area contributed by atoms with Crippen molar-refractivity contribution in [2.24, 2.45) is 17.8 Å². The molecule has 2 amide bonds. The molecule has 23 heavy (non-hydrogen) atoms. The quantitative estimate of drug-likeness (QED) is 0.701. The number of carbonyl (C=O) groups excluding carboxylic acids is 1. The third kappa shape index (κ3) is 6.30. The molecule has 3 atom stereocenters. The Kier molecular flexibility index (Phi) is 7.63. The van der Waals surface area contributed by atoms with Crippen molar-refractivity contribution in [3.63, 3.8) is 0 Å². The molecular formula is C18H35N3O2. The standard InChI is InChI=1S/C18H35N3O2/c1-14(2)11-21-9-5-6-15(12-21)10-19-18(23)20-17-8-4-3-7-16(17)13-22/h14-17,22H,3-13H2,1-2H3,(H2,19,20,23). The van der Waals surface area contributed by atoms with E-state index in [-0.39, 0.29) is 24.6 Å². The van der Waals surface area contributed by atoms with Crippen LogP contribution in [0, 0.1) is 17.8 Å². The molecule has 1 saturated carbocycles. The van der Waals surface area contributed by atoms with Crippen LogP contribution in [0.15, 0.2) is 0 Å². The number of rotatable bonds is 6. The van der Waals surface area contributed by atoms with Crippen molar-refractivity contribution in [2.45, 2.75) is 58.4 Å². The number of carbonyl (C=O) groups is 1. The summed E-state index contributed by atoms with van der Waals surface area (Å²) >= 11 is 0. The number of nitrogens with one attached hydrogen (secondary N) is 2. The first-order chi connectivity index (χ1) is 11.1. The fraction of sp³-hybridized carbons (Fsp3) is 0.944. The molecule has 1 heterocycles. The number of urea groups is 1. The molecule has 1 aliphatic carbocycles. The summed E-state index contributed by atoms with van der Waals surface area (Å²) in [4.78, 5) is 14.7. The van der Waals surface area contributed by atoms with Gasteiger partial charge in [0.15, 0.2) is 0 Å². The van der Waals surface area contributed by atoms with Crippen LogP contribution >= 0.6 is 0 Å². The summed E-state index contributed by atoms with van der Waals surface area (Å²) in [5, 5.41) is 15.6. The highest BCUT2D eigenvalue weighted by Gasteiger charge is 2.26. The lowest BCUT2D eigenvalue weighted by atomic mass is 9.85. The van der Waals surface area contributed by atoms with E-state index in [0.717, 1.165) is 38.9 Å². The number of aliphatic hydroxyl groups is 1. The predicted molar refractivity (Wildman–Crippen MR) is 93.4 cm³/mol. The molecule has 134 valence electrons. The first kappa shape index (κ1) is 18.5. The molecule has 2 aliphatic rings. The Morgan fingerprint density at radius 1 is 1.22 bits per heavy atom. The number of nitrogens with zero attached hydrogens (tertiary/aromatic N) is 1. The number of aliphatic hydroxyl groups excluding tert-OH is 1. The molecule has 5 heteroatoms. The zero-order chi connectivity index (χ0) is 16.7. The van der Waals surface area contributed by atoms with Gasteiger partial charge in [-0.1, -0.05) is 26.7 Å². The van der Waals surface area contributed by atoms with Gasteiger partial charge in [0.1, 0.15) is 0 Å². The van der Waals surface area contributed by atoms with Crippen molar-refractivity contribution in [3.05, 3.63) is 0 Å². The minimum absolute atomic E-state index is 0.0590. The number of amides is 2. The molecular weight excluding hydrogens is 290 g/mol. The number of piperidine rings is 1. The van der Waals surface area contributed by atoms with Gasteiger partial charge in [0.25, 0.3) is 0 Å². The third-order valence-electron chi connectivity index (χ3n) is 5.24. The molecule has 0 spiro atoms. The zero-order valence-corrected chi connectivity index (χ0v) is 14.9. The summed E-state index contributed by atoms with van der Waals surface area (Å²) in [5.41, 5.74) is 0. The molecule has 2 fully saturated rings. The van der Waals surface area contributed by atoms with E-state index in [1.165, 1.54) is 25.8 Å². The first-order valence-corrected chi connectivity index (χ1v) is 9.46. The van der Waals surface area contributed by atoms with Crippen molar-refractivity contribution >= 4 is 6.03 Å². The average molecular weight is 325 g/mol. The Labute approximate surface area is 141 Å². The highest BCUT2D eigenvalue weighted by atomic mass is 16.3. The van der Waals surface area contributed by atoms with E-state index in [0.29, 0.717) is 11.8 Å². The Hall–Kier alpha value is -0.810. The van der Waals surface area contributed by atoms with Gasteiger partial charge < -0.3 is 20.6 Å². The van der Waals surface area contributed by atoms with Gasteiger partial charge in [0, 0.05) is 38.2 Å². The van der Waals surface area contributed by atoms with Crippen LogP contribution in [0.3, 0.4) is 0 Å². The van der Waals surface area contributed by atoms with Gasteiger partial charge in [-0.15, -0.1) is 0 Å². The lowest BCUT2D eigenvalue weighted by molar-refractivity contribution is 0.148. The third-order valence-corrected chi connectivity index (χ3v) is 5.24. The number of hydrogen-bond acceptors (Lipinski definition) is 3. The maximum Gasteiger partial charge on any atom is 0.315 e. The second kappa shape index (κ2) is 9.48. The molecule has 2 rings (SSSR count). The van der Waals surface area contributed by atoms with Gasteiger partial charge in [0.05, 0.1) is 0 Å². The normalized spacial score (nSPS) is 29.5. The largest absolute Gasteiger partial charge is 0.396 e. The van der Waals surface area contributed by atoms with Crippen molar-refractivity contribution in [1.29, 1.82) is 0 Å². The Bertz CT molecular complexity index is 362. The van der Waals surface area contributed by atoms with Crippen LogP contribution in [-0.4, -0.2) is 54.9 Å². The molecule has 1 aliphatic heterocycles. The number of likely N-dealkylation sites (tertiary alicyclic amines) is 1. The van der Waals surface area contributed by atoms with E-state index < -0.39 is 0 Å². The lowest BCUT2D eigenvalue weighted by Gasteiger charge is -2.34. The van der Waals surface area contributed by atoms with Crippen molar-refractivity contribution in [1.82, 2.24) is 15.5 Å². The summed E-state index contributed by atoms with van der Waals surface area (Å²) in [7, 11) is 0. The van der Waals surface area contributed by atoms with E-state index in [2.05, 4.69) is 29.4 Å². The predicted octanol–water partition coefficient (Wildman–Crippen LogP) is 2.20. The molecule has 3 unspecified atom stereocenters. The molecule has 0 bridgehead atoms. The van der Waals surface area contributed by atoms with Gasteiger partial charge in [-0.3, -0.25) is 0 Å². The van der Waals surface area contributed by atoms with Crippen LogP contribution in [0.1, 0.15) is 52.4 Å². The van der Waals surface area contributed by atoms with Crippen molar-refractivity contribution in [3.8, 4) is 0 Å². The summed E-state index contributed by atoms with van der Waals surface area (Å²) in [6.45, 7) is 8.91. The smallest absolute Gasteiger partial charge is 0.315 e. The second-order valence-corrected chi connectivity index (χ2v) is 7.85. The van der Waals surface area contributed by atoms with Gasteiger partial charge >= 0.3 is 6.03 Å². The highest BCUT2D eigenvalue weighted by Crippen LogP contribution is 2.24. The van der Waals surface area contributed by atoms with Gasteiger partial charge in [-0.05, 0) is 44.1 Å². The maximum absolute atomic E-state index is 12.2. The SMILES string of the molecule is CC(C)CN1CCCC(CNC(=O)NC2CCCCC2CO)C1. The van der Waals surface area contributed by atoms with Crippen molar-refractivity contribution in [2.75, 3.05) is 32.8 Å². The molecule has 0 aromatic heterocycles. The molecule has 1 saturated heterocycles. The highest BCUT2D eigenvalue weighted by molar-refractivity contribution is 5.74. The molecule has 0 radical (unpaired) electrons. The lowest BCUT2D eigenvalue weighted by Crippen LogP contribution is -2.49. The first-order valence-electron chi connectivity index (χ1n) is 9.46. The van der Waals surface area contributed by atoms with Crippen LogP contribution in [-0.2, 0) is 0 Å². The molecule has 0 aromatic carbocycles. The summed E-state index contributed by atoms with van der Waals surface area (Å²) in [5.74, 6) is 1.49. The van der Waals surface area contributed by atoms with Crippen LogP contribution in [0.5, 0.6) is 0 Å². The summed E-state index contributed by atoms with van der Waals surface area (Å²) in [6.07, 6.45) is 6.76. The fourth-order valence-electron chi connectivity index (χ4n) is 4.07. The fourth-order valence-corrected chi connectivity index (χ4v) is 4.07. The minimum atomic E-state index is -0.0590. The van der Waals surface area contributed by atoms with Crippen LogP contribution < -0.4 is 10.6 Å². The topological polar surface area (TPSA) is 64.6 Å². The van der Waals surface area contributed by atoms with Crippen LogP contribution in [0.25, 0.3) is 0 Å². The van der Waals surface area contributed by atoms with Gasteiger partial charge in [-0.25, -0.2) is 4.79 Å². The van der Waals surface area contributed by atoms with E-state index in [4.69, 9.17) is 0 Å². The molecule has 0 aromatic rings. The summed E-state index contributed by atoms with van der Waals surface area (Å²) in [6, 6.07) is 0.0777. The summed E-state index contributed by atoms with van der Waals surface area (Å²) < 4.78 is 0. The van der Waals surface area contributed by atoms with E-state index >= 15 is 0 Å². The average Bonchev–Trinajstić information content (AvgIpc) is 2.53. The van der Waals surface area contributed by atoms with Crippen LogP contribution in [0.2, 0.25) is 0 Å². The second-order valence-electron chi connectivity index (χ2n) is 7.85. The molecule has 3 N–H and O–H groups in total. The maximum atomic E-state index is 12.2. The Balaban J connectivity index is 1.69. The minimum Gasteiger partial charge on any atom is -0.396 e.